The van der Waals surface area contributed by atoms with E-state index in [2.05, 4.69) is 5.32 Å². The molecule has 1 aromatic carbocycles. The highest BCUT2D eigenvalue weighted by Crippen LogP contribution is 2.27. The number of anilines is 1. The SMILES string of the molecule is CCCC(N)C(=O)Nc1ccc(OC)c(Cl)c1. The molecule has 17 heavy (non-hydrogen) atoms. The third-order valence-electron chi connectivity index (χ3n) is 2.36. The minimum atomic E-state index is -0.485. The number of nitrogens with two attached hydrogens (primary N) is 1. The summed E-state index contributed by atoms with van der Waals surface area (Å²) in [4.78, 5) is 11.7. The Labute approximate surface area is 106 Å². The predicted molar refractivity (Wildman–Crippen MR) is 69.5 cm³/mol. The Hall–Kier alpha value is -1.26. The van der Waals surface area contributed by atoms with Gasteiger partial charge >= 0.3 is 0 Å². The second-order valence-corrected chi connectivity index (χ2v) is 4.14. The van der Waals surface area contributed by atoms with Crippen molar-refractivity contribution in [1.29, 1.82) is 0 Å². The molecule has 0 saturated carbocycles. The molecule has 0 spiro atoms. The fraction of sp³-hybridized carbons (Fsp3) is 0.417. The lowest BCUT2D eigenvalue weighted by atomic mass is 10.1. The largest absolute Gasteiger partial charge is 0.495 e. The lowest BCUT2D eigenvalue weighted by Gasteiger charge is -2.12. The second-order valence-electron chi connectivity index (χ2n) is 3.73. The summed E-state index contributed by atoms with van der Waals surface area (Å²) in [7, 11) is 1.54. The number of carbonyl (C=O) groups is 1. The molecule has 0 aliphatic rings. The van der Waals surface area contributed by atoms with E-state index in [1.807, 2.05) is 6.92 Å². The average molecular weight is 257 g/mol. The minimum Gasteiger partial charge on any atom is -0.495 e. The van der Waals surface area contributed by atoms with Crippen molar-refractivity contribution in [3.63, 3.8) is 0 Å². The molecule has 0 aliphatic carbocycles. The first kappa shape index (κ1) is 13.8. The molecule has 0 saturated heterocycles. The van der Waals surface area contributed by atoms with Gasteiger partial charge < -0.3 is 15.8 Å². The molecule has 0 fully saturated rings. The molecule has 1 atom stereocenters. The molecule has 0 radical (unpaired) electrons. The molecule has 0 bridgehead atoms. The van der Waals surface area contributed by atoms with Crippen LogP contribution >= 0.6 is 11.6 Å². The van der Waals surface area contributed by atoms with Gasteiger partial charge in [0.05, 0.1) is 18.2 Å². The van der Waals surface area contributed by atoms with Gasteiger partial charge in [-0.1, -0.05) is 24.9 Å². The summed E-state index contributed by atoms with van der Waals surface area (Å²) in [5, 5.41) is 3.17. The molecule has 1 unspecified atom stereocenters. The zero-order chi connectivity index (χ0) is 12.8. The third-order valence-corrected chi connectivity index (χ3v) is 2.65. The van der Waals surface area contributed by atoms with E-state index >= 15 is 0 Å². The van der Waals surface area contributed by atoms with E-state index in [-0.39, 0.29) is 5.91 Å². The first-order valence-electron chi connectivity index (χ1n) is 5.48. The summed E-state index contributed by atoms with van der Waals surface area (Å²) in [5.74, 6) is 0.371. The fourth-order valence-electron chi connectivity index (χ4n) is 1.42. The van der Waals surface area contributed by atoms with E-state index in [0.717, 1.165) is 6.42 Å². The Kier molecular flexibility index (Phi) is 5.25. The van der Waals surface area contributed by atoms with Gasteiger partial charge in [0.15, 0.2) is 0 Å². The van der Waals surface area contributed by atoms with Gasteiger partial charge in [-0.25, -0.2) is 0 Å². The average Bonchev–Trinajstić information content (AvgIpc) is 2.29. The van der Waals surface area contributed by atoms with Crippen molar-refractivity contribution in [1.82, 2.24) is 0 Å². The summed E-state index contributed by atoms with van der Waals surface area (Å²) in [6, 6.07) is 4.57. The molecule has 1 aromatic rings. The van der Waals surface area contributed by atoms with E-state index in [1.165, 1.54) is 7.11 Å². The van der Waals surface area contributed by atoms with Crippen molar-refractivity contribution in [2.24, 2.45) is 5.73 Å². The van der Waals surface area contributed by atoms with Gasteiger partial charge in [0, 0.05) is 5.69 Å². The van der Waals surface area contributed by atoms with E-state index < -0.39 is 6.04 Å². The Morgan fingerprint density at radius 1 is 1.59 bits per heavy atom. The maximum Gasteiger partial charge on any atom is 0.241 e. The van der Waals surface area contributed by atoms with Crippen molar-refractivity contribution in [3.05, 3.63) is 23.2 Å². The Bertz CT molecular complexity index is 396. The minimum absolute atomic E-state index is 0.201. The molecular weight excluding hydrogens is 240 g/mol. The molecular formula is C12H17ClN2O2. The number of methoxy groups -OCH3 is 1. The summed E-state index contributed by atoms with van der Waals surface area (Å²) >= 11 is 5.95. The molecule has 0 aromatic heterocycles. The second kappa shape index (κ2) is 6.47. The lowest BCUT2D eigenvalue weighted by Crippen LogP contribution is -2.35. The first-order valence-corrected chi connectivity index (χ1v) is 5.86. The summed E-state index contributed by atoms with van der Waals surface area (Å²) in [5.41, 5.74) is 6.32. The molecule has 5 heteroatoms. The number of nitrogens with one attached hydrogen (secondary N) is 1. The van der Waals surface area contributed by atoms with Crippen LogP contribution in [0.3, 0.4) is 0 Å². The number of benzene rings is 1. The smallest absolute Gasteiger partial charge is 0.241 e. The highest BCUT2D eigenvalue weighted by Gasteiger charge is 2.12. The number of hydrogen-bond donors (Lipinski definition) is 2. The van der Waals surface area contributed by atoms with Gasteiger partial charge in [0.1, 0.15) is 5.75 Å². The van der Waals surface area contributed by atoms with Crippen molar-refractivity contribution in [2.45, 2.75) is 25.8 Å². The van der Waals surface area contributed by atoms with E-state index in [4.69, 9.17) is 22.1 Å². The van der Waals surface area contributed by atoms with Crippen LogP contribution < -0.4 is 15.8 Å². The lowest BCUT2D eigenvalue weighted by molar-refractivity contribution is -0.117. The highest BCUT2D eigenvalue weighted by atomic mass is 35.5. The predicted octanol–water partition coefficient (Wildman–Crippen LogP) is 2.41. The summed E-state index contributed by atoms with van der Waals surface area (Å²) in [6.45, 7) is 1.98. The highest BCUT2D eigenvalue weighted by molar-refractivity contribution is 6.32. The maximum absolute atomic E-state index is 11.7. The van der Waals surface area contributed by atoms with Crippen LogP contribution in [0.5, 0.6) is 5.75 Å². The normalized spacial score (nSPS) is 12.0. The van der Waals surface area contributed by atoms with Crippen LogP contribution in [0, 0.1) is 0 Å². The zero-order valence-electron chi connectivity index (χ0n) is 10.00. The van der Waals surface area contributed by atoms with Crippen LogP contribution in [0.2, 0.25) is 5.02 Å². The first-order chi connectivity index (χ1) is 8.08. The van der Waals surface area contributed by atoms with Crippen LogP contribution in [-0.2, 0) is 4.79 Å². The molecule has 94 valence electrons. The topological polar surface area (TPSA) is 64.4 Å². The van der Waals surface area contributed by atoms with Crippen molar-refractivity contribution in [2.75, 3.05) is 12.4 Å². The number of rotatable bonds is 5. The van der Waals surface area contributed by atoms with Crippen molar-refractivity contribution < 1.29 is 9.53 Å². The van der Waals surface area contributed by atoms with Gasteiger partial charge in [0.2, 0.25) is 5.91 Å². The Morgan fingerprint density at radius 3 is 2.82 bits per heavy atom. The number of amides is 1. The van der Waals surface area contributed by atoms with E-state index in [0.29, 0.717) is 22.9 Å². The molecule has 0 aliphatic heterocycles. The summed E-state index contributed by atoms with van der Waals surface area (Å²) in [6.07, 6.45) is 1.54. The van der Waals surface area contributed by atoms with Crippen LogP contribution in [0.15, 0.2) is 18.2 Å². The fourth-order valence-corrected chi connectivity index (χ4v) is 1.68. The number of carbonyl (C=O) groups excluding carboxylic acids is 1. The number of ether oxygens (including phenoxy) is 1. The monoisotopic (exact) mass is 256 g/mol. The Morgan fingerprint density at radius 2 is 2.29 bits per heavy atom. The molecule has 1 rings (SSSR count). The van der Waals surface area contributed by atoms with Crippen molar-refractivity contribution in [3.8, 4) is 5.75 Å². The van der Waals surface area contributed by atoms with Crippen LogP contribution in [0.25, 0.3) is 0 Å². The quantitative estimate of drug-likeness (QED) is 0.850. The van der Waals surface area contributed by atoms with Gasteiger partial charge in [-0.05, 0) is 24.6 Å². The summed E-state index contributed by atoms with van der Waals surface area (Å²) < 4.78 is 5.02. The molecule has 0 heterocycles. The van der Waals surface area contributed by atoms with Crippen molar-refractivity contribution >= 4 is 23.2 Å². The van der Waals surface area contributed by atoms with Gasteiger partial charge in [-0.15, -0.1) is 0 Å². The maximum atomic E-state index is 11.7. The van der Waals surface area contributed by atoms with E-state index in [9.17, 15) is 4.79 Å². The van der Waals surface area contributed by atoms with E-state index in [1.54, 1.807) is 18.2 Å². The van der Waals surface area contributed by atoms with Crippen LogP contribution in [0.4, 0.5) is 5.69 Å². The standard InChI is InChI=1S/C12H17ClN2O2/c1-3-4-10(14)12(16)15-8-5-6-11(17-2)9(13)7-8/h5-7,10H,3-4,14H2,1-2H3,(H,15,16). The zero-order valence-corrected chi connectivity index (χ0v) is 10.8. The Balaban J connectivity index is 2.69. The number of hydrogen-bond acceptors (Lipinski definition) is 3. The van der Waals surface area contributed by atoms with Gasteiger partial charge in [-0.3, -0.25) is 4.79 Å². The molecule has 1 amide bonds. The van der Waals surface area contributed by atoms with Gasteiger partial charge in [-0.2, -0.15) is 0 Å². The molecule has 4 nitrogen and oxygen atoms in total. The molecule has 3 N–H and O–H groups in total. The van der Waals surface area contributed by atoms with Crippen LogP contribution in [-0.4, -0.2) is 19.1 Å². The van der Waals surface area contributed by atoms with Crippen LogP contribution in [0.1, 0.15) is 19.8 Å². The third kappa shape index (κ3) is 3.91. The number of halogens is 1. The van der Waals surface area contributed by atoms with Gasteiger partial charge in [0.25, 0.3) is 0 Å².